The minimum atomic E-state index is -0.999. The number of nitro benzene ring substituents is 1. The van der Waals surface area contributed by atoms with Gasteiger partial charge < -0.3 is 10.0 Å². The van der Waals surface area contributed by atoms with E-state index in [-0.39, 0.29) is 12.1 Å². The van der Waals surface area contributed by atoms with Gasteiger partial charge in [-0.05, 0) is 25.0 Å². The minimum absolute atomic E-state index is 0.00268. The van der Waals surface area contributed by atoms with Crippen LogP contribution in [0.5, 0.6) is 0 Å². The van der Waals surface area contributed by atoms with Gasteiger partial charge in [0.25, 0.3) is 11.6 Å². The van der Waals surface area contributed by atoms with Crippen LogP contribution in [0.2, 0.25) is 0 Å². The zero-order valence-electron chi connectivity index (χ0n) is 11.0. The van der Waals surface area contributed by atoms with Crippen LogP contribution < -0.4 is 0 Å². The van der Waals surface area contributed by atoms with Crippen LogP contribution in [0.25, 0.3) is 0 Å². The third-order valence-corrected chi connectivity index (χ3v) is 3.44. The van der Waals surface area contributed by atoms with Crippen molar-refractivity contribution in [3.8, 4) is 0 Å². The molecule has 7 nitrogen and oxygen atoms in total. The minimum Gasteiger partial charge on any atom is -0.481 e. The summed E-state index contributed by atoms with van der Waals surface area (Å²) in [6.45, 7) is 0.333. The zero-order chi connectivity index (χ0) is 15.6. The molecule has 0 spiro atoms. The number of likely N-dealkylation sites (tertiary alicyclic amines) is 1. The number of hydrogen-bond acceptors (Lipinski definition) is 4. The number of carbonyl (C=O) groups is 2. The summed E-state index contributed by atoms with van der Waals surface area (Å²) in [6.07, 6.45) is 0.975. The molecule has 112 valence electrons. The van der Waals surface area contributed by atoms with E-state index in [1.807, 2.05) is 0 Å². The Morgan fingerprint density at radius 3 is 2.76 bits per heavy atom. The highest BCUT2D eigenvalue weighted by molar-refractivity contribution is 5.98. The Morgan fingerprint density at radius 1 is 1.43 bits per heavy atom. The number of nitrogens with zero attached hydrogens (tertiary/aromatic N) is 2. The van der Waals surface area contributed by atoms with Crippen LogP contribution in [0.1, 0.15) is 23.2 Å². The number of carboxylic acid groups (broad SMARTS) is 1. The first-order valence-electron chi connectivity index (χ1n) is 6.36. The lowest BCUT2D eigenvalue weighted by Gasteiger charge is -2.30. The summed E-state index contributed by atoms with van der Waals surface area (Å²) in [5.41, 5.74) is -0.843. The first-order valence-corrected chi connectivity index (χ1v) is 6.36. The molecule has 0 unspecified atom stereocenters. The number of hydrogen-bond donors (Lipinski definition) is 1. The van der Waals surface area contributed by atoms with Gasteiger partial charge in [-0.2, -0.15) is 0 Å². The Morgan fingerprint density at radius 2 is 2.14 bits per heavy atom. The molecule has 0 bridgehead atoms. The van der Waals surface area contributed by atoms with Crippen LogP contribution in [-0.2, 0) is 4.79 Å². The fourth-order valence-corrected chi connectivity index (χ4v) is 2.37. The lowest BCUT2D eigenvalue weighted by atomic mass is 9.97. The quantitative estimate of drug-likeness (QED) is 0.675. The average molecular weight is 296 g/mol. The number of piperidine rings is 1. The van der Waals surface area contributed by atoms with E-state index >= 15 is 0 Å². The topological polar surface area (TPSA) is 101 Å². The molecule has 0 aromatic heterocycles. The normalized spacial score (nSPS) is 18.3. The summed E-state index contributed by atoms with van der Waals surface area (Å²) in [4.78, 5) is 34.6. The lowest BCUT2D eigenvalue weighted by Crippen LogP contribution is -2.42. The van der Waals surface area contributed by atoms with Crippen molar-refractivity contribution in [3.63, 3.8) is 0 Å². The fraction of sp³-hybridized carbons (Fsp3) is 0.385. The van der Waals surface area contributed by atoms with E-state index in [0.717, 1.165) is 12.1 Å². The monoisotopic (exact) mass is 296 g/mol. The Hall–Kier alpha value is -2.51. The summed E-state index contributed by atoms with van der Waals surface area (Å²) in [5.74, 6) is -3.13. The fourth-order valence-electron chi connectivity index (χ4n) is 2.37. The van der Waals surface area contributed by atoms with E-state index in [0.29, 0.717) is 25.5 Å². The maximum absolute atomic E-state index is 13.1. The van der Waals surface area contributed by atoms with Crippen molar-refractivity contribution in [2.75, 3.05) is 13.1 Å². The number of aliphatic carboxylic acids is 1. The van der Waals surface area contributed by atoms with E-state index < -0.39 is 34.2 Å². The Labute approximate surface area is 119 Å². The number of carbonyl (C=O) groups excluding carboxylic acids is 1. The van der Waals surface area contributed by atoms with Crippen molar-refractivity contribution in [1.82, 2.24) is 4.90 Å². The van der Waals surface area contributed by atoms with Gasteiger partial charge in [0.1, 0.15) is 11.4 Å². The largest absolute Gasteiger partial charge is 0.481 e. The third-order valence-electron chi connectivity index (χ3n) is 3.44. The van der Waals surface area contributed by atoms with Crippen molar-refractivity contribution in [2.45, 2.75) is 12.8 Å². The van der Waals surface area contributed by atoms with Crippen LogP contribution >= 0.6 is 0 Å². The van der Waals surface area contributed by atoms with Crippen LogP contribution in [0, 0.1) is 21.8 Å². The Balaban J connectivity index is 2.28. The molecule has 1 aliphatic rings. The van der Waals surface area contributed by atoms with Crippen LogP contribution in [0.3, 0.4) is 0 Å². The van der Waals surface area contributed by atoms with Gasteiger partial charge in [0.05, 0.1) is 16.9 Å². The molecule has 1 heterocycles. The molecule has 1 saturated heterocycles. The first-order chi connectivity index (χ1) is 9.90. The van der Waals surface area contributed by atoms with Crippen molar-refractivity contribution < 1.29 is 24.0 Å². The molecule has 0 saturated carbocycles. The maximum Gasteiger partial charge on any atom is 0.308 e. The molecule has 2 rings (SSSR count). The van der Waals surface area contributed by atoms with Crippen LogP contribution in [-0.4, -0.2) is 39.9 Å². The number of benzene rings is 1. The van der Waals surface area contributed by atoms with Crippen molar-refractivity contribution in [2.24, 2.45) is 5.92 Å². The van der Waals surface area contributed by atoms with Gasteiger partial charge >= 0.3 is 5.97 Å². The van der Waals surface area contributed by atoms with Gasteiger partial charge in [0.15, 0.2) is 0 Å². The standard InChI is InChI=1S/C13H13FN2O5/c14-9-3-4-10(11(6-9)16(20)21)12(17)15-5-1-2-8(7-15)13(18)19/h3-4,6,8H,1-2,5,7H2,(H,18,19)/t8-/m1/s1. The van der Waals surface area contributed by atoms with E-state index in [2.05, 4.69) is 0 Å². The van der Waals surface area contributed by atoms with Crippen LogP contribution in [0.15, 0.2) is 18.2 Å². The first kappa shape index (κ1) is 14.9. The molecule has 1 aromatic carbocycles. The summed E-state index contributed by atoms with van der Waals surface area (Å²) in [7, 11) is 0. The lowest BCUT2D eigenvalue weighted by molar-refractivity contribution is -0.385. The van der Waals surface area contributed by atoms with Gasteiger partial charge in [-0.1, -0.05) is 0 Å². The predicted octanol–water partition coefficient (Wildman–Crippen LogP) is 1.67. The smallest absolute Gasteiger partial charge is 0.308 e. The van der Waals surface area contributed by atoms with Gasteiger partial charge in [0.2, 0.25) is 0 Å². The van der Waals surface area contributed by atoms with E-state index in [1.165, 1.54) is 4.90 Å². The zero-order valence-corrected chi connectivity index (χ0v) is 11.0. The molecular formula is C13H13FN2O5. The van der Waals surface area contributed by atoms with Gasteiger partial charge in [0, 0.05) is 13.1 Å². The molecule has 21 heavy (non-hydrogen) atoms. The molecule has 0 radical (unpaired) electrons. The van der Waals surface area contributed by atoms with E-state index in [9.17, 15) is 24.1 Å². The highest BCUT2D eigenvalue weighted by Gasteiger charge is 2.31. The summed E-state index contributed by atoms with van der Waals surface area (Å²) < 4.78 is 13.1. The molecule has 1 fully saturated rings. The molecule has 1 atom stereocenters. The molecule has 1 aromatic rings. The maximum atomic E-state index is 13.1. The highest BCUT2D eigenvalue weighted by atomic mass is 19.1. The number of amides is 1. The van der Waals surface area contributed by atoms with Crippen molar-refractivity contribution in [1.29, 1.82) is 0 Å². The van der Waals surface area contributed by atoms with Gasteiger partial charge in [-0.3, -0.25) is 19.7 Å². The summed E-state index contributed by atoms with van der Waals surface area (Å²) in [5, 5.41) is 19.9. The SMILES string of the molecule is O=C(O)[C@@H]1CCCN(C(=O)c2ccc(F)cc2[N+](=O)[O-])C1. The molecular weight excluding hydrogens is 283 g/mol. The summed E-state index contributed by atoms with van der Waals surface area (Å²) in [6, 6.07) is 2.71. The Bertz CT molecular complexity index is 604. The Kier molecular flexibility index (Phi) is 4.15. The van der Waals surface area contributed by atoms with Gasteiger partial charge in [-0.15, -0.1) is 0 Å². The molecule has 1 N–H and O–H groups in total. The average Bonchev–Trinajstić information content (AvgIpc) is 2.46. The molecule has 1 amide bonds. The predicted molar refractivity (Wildman–Crippen MR) is 69.3 cm³/mol. The number of rotatable bonds is 3. The highest BCUT2D eigenvalue weighted by Crippen LogP contribution is 2.24. The number of halogens is 1. The van der Waals surface area contributed by atoms with Gasteiger partial charge in [-0.25, -0.2) is 4.39 Å². The second-order valence-electron chi connectivity index (χ2n) is 4.85. The van der Waals surface area contributed by atoms with Crippen molar-refractivity contribution >= 4 is 17.6 Å². The number of nitro groups is 1. The third kappa shape index (κ3) is 3.15. The molecule has 1 aliphatic heterocycles. The summed E-state index contributed by atoms with van der Waals surface area (Å²) >= 11 is 0. The molecule has 8 heteroatoms. The van der Waals surface area contributed by atoms with E-state index in [1.54, 1.807) is 0 Å². The van der Waals surface area contributed by atoms with Crippen LogP contribution in [0.4, 0.5) is 10.1 Å². The molecule has 0 aliphatic carbocycles. The van der Waals surface area contributed by atoms with E-state index in [4.69, 9.17) is 5.11 Å². The second-order valence-corrected chi connectivity index (χ2v) is 4.85. The second kappa shape index (κ2) is 5.86. The van der Waals surface area contributed by atoms with Crippen molar-refractivity contribution in [3.05, 3.63) is 39.7 Å². The number of carboxylic acids is 1.